The number of rotatable bonds is 10. The molecule has 46 heavy (non-hydrogen) atoms. The molecule has 3 heterocycles. The van der Waals surface area contributed by atoms with E-state index in [1.165, 1.54) is 19.4 Å². The summed E-state index contributed by atoms with van der Waals surface area (Å²) >= 11 is 0. The molecule has 9 heteroatoms. The first kappa shape index (κ1) is 32.0. The monoisotopic (exact) mass is 624 g/mol. The van der Waals surface area contributed by atoms with Crippen LogP contribution in [0.3, 0.4) is 0 Å². The molecule has 0 spiro atoms. The summed E-state index contributed by atoms with van der Waals surface area (Å²) < 4.78 is 0. The topological polar surface area (TPSA) is 102 Å². The highest BCUT2D eigenvalue weighted by Crippen LogP contribution is 2.35. The maximum absolute atomic E-state index is 13.8. The Morgan fingerprint density at radius 2 is 1.72 bits per heavy atom. The van der Waals surface area contributed by atoms with Crippen molar-refractivity contribution in [3.8, 4) is 11.1 Å². The maximum atomic E-state index is 13.8. The molecule has 2 aliphatic carbocycles. The standard InChI is InChI=1S/C37H48N6O3/c1-5-43(37(46)28-8-6-7-9-28)33-20-30(19-31(26(33)4)35(44)39-22-32-24(2)18-25(3)40-36(32)45)29-12-13-34(38-21-29)42-16-14-41(15-17-42)23-27-10-11-27/h12-13,18-21,27-28H,5-11,14-17,22-23H2,1-4H3,(H,39,44)(H,40,45). The third-order valence-electron chi connectivity index (χ3n) is 10.1. The van der Waals surface area contributed by atoms with Gasteiger partial charge >= 0.3 is 0 Å². The first-order valence-corrected chi connectivity index (χ1v) is 17.1. The van der Waals surface area contributed by atoms with Crippen molar-refractivity contribution in [2.45, 2.75) is 72.8 Å². The van der Waals surface area contributed by atoms with Crippen molar-refractivity contribution < 1.29 is 9.59 Å². The van der Waals surface area contributed by atoms with Crippen molar-refractivity contribution in [3.63, 3.8) is 0 Å². The number of nitrogens with zero attached hydrogens (tertiary/aromatic N) is 4. The van der Waals surface area contributed by atoms with Crippen LogP contribution in [0.25, 0.3) is 11.1 Å². The van der Waals surface area contributed by atoms with Crippen LogP contribution < -0.4 is 20.7 Å². The summed E-state index contributed by atoms with van der Waals surface area (Å²) in [7, 11) is 0. The van der Waals surface area contributed by atoms with Gasteiger partial charge in [-0.3, -0.25) is 19.3 Å². The van der Waals surface area contributed by atoms with Gasteiger partial charge in [0.05, 0.1) is 0 Å². The van der Waals surface area contributed by atoms with E-state index in [1.54, 1.807) is 0 Å². The number of benzene rings is 1. The summed E-state index contributed by atoms with van der Waals surface area (Å²) in [5.41, 5.74) is 5.67. The number of piperazine rings is 1. The summed E-state index contributed by atoms with van der Waals surface area (Å²) in [6.45, 7) is 13.6. The molecule has 1 aromatic carbocycles. The van der Waals surface area contributed by atoms with Crippen molar-refractivity contribution in [2.75, 3.05) is 49.1 Å². The van der Waals surface area contributed by atoms with Crippen molar-refractivity contribution in [1.82, 2.24) is 20.2 Å². The first-order valence-electron chi connectivity index (χ1n) is 17.1. The lowest BCUT2D eigenvalue weighted by atomic mass is 9.96. The predicted molar refractivity (Wildman–Crippen MR) is 183 cm³/mol. The Morgan fingerprint density at radius 1 is 0.978 bits per heavy atom. The van der Waals surface area contributed by atoms with Crippen LogP contribution in [-0.4, -0.2) is 66.0 Å². The van der Waals surface area contributed by atoms with Gasteiger partial charge in [-0.2, -0.15) is 0 Å². The molecule has 3 aromatic rings. The Hall–Kier alpha value is -3.98. The quantitative estimate of drug-likeness (QED) is 0.315. The molecule has 9 nitrogen and oxygen atoms in total. The summed E-state index contributed by atoms with van der Waals surface area (Å²) in [5.74, 6) is 1.73. The van der Waals surface area contributed by atoms with E-state index in [0.717, 1.165) is 97.2 Å². The van der Waals surface area contributed by atoms with Crippen LogP contribution in [0.2, 0.25) is 0 Å². The summed E-state index contributed by atoms with van der Waals surface area (Å²) in [4.78, 5) is 54.6. The van der Waals surface area contributed by atoms with E-state index in [-0.39, 0.29) is 29.8 Å². The third kappa shape index (κ3) is 7.04. The Bertz CT molecular complexity index is 1630. The van der Waals surface area contributed by atoms with Crippen molar-refractivity contribution >= 4 is 23.3 Å². The van der Waals surface area contributed by atoms with Gasteiger partial charge in [0, 0.05) is 86.0 Å². The number of aryl methyl sites for hydroxylation is 2. The lowest BCUT2D eigenvalue weighted by Gasteiger charge is -2.35. The molecule has 1 saturated heterocycles. The molecule has 2 aromatic heterocycles. The Labute approximate surface area is 272 Å². The van der Waals surface area contributed by atoms with E-state index in [9.17, 15) is 14.4 Å². The summed E-state index contributed by atoms with van der Waals surface area (Å²) in [6.07, 6.45) is 8.61. The zero-order chi connectivity index (χ0) is 32.4. The van der Waals surface area contributed by atoms with Crippen LogP contribution in [0.4, 0.5) is 11.5 Å². The van der Waals surface area contributed by atoms with Crippen LogP contribution >= 0.6 is 0 Å². The number of amides is 2. The normalized spacial score (nSPS) is 17.3. The zero-order valence-electron chi connectivity index (χ0n) is 27.8. The number of pyridine rings is 2. The summed E-state index contributed by atoms with van der Waals surface area (Å²) in [5, 5.41) is 2.99. The minimum atomic E-state index is -0.280. The number of anilines is 2. The van der Waals surface area contributed by atoms with Gasteiger partial charge in [-0.25, -0.2) is 4.98 Å². The van der Waals surface area contributed by atoms with E-state index >= 15 is 0 Å². The van der Waals surface area contributed by atoms with E-state index < -0.39 is 0 Å². The third-order valence-corrected chi connectivity index (χ3v) is 10.1. The van der Waals surface area contributed by atoms with Crippen LogP contribution in [-0.2, 0) is 11.3 Å². The molecule has 3 aliphatic rings. The van der Waals surface area contributed by atoms with E-state index in [0.29, 0.717) is 17.7 Å². The van der Waals surface area contributed by atoms with Crippen LogP contribution in [0.5, 0.6) is 0 Å². The average molecular weight is 625 g/mol. The highest BCUT2D eigenvalue weighted by Gasteiger charge is 2.30. The van der Waals surface area contributed by atoms with Gasteiger partial charge in [0.1, 0.15) is 5.82 Å². The van der Waals surface area contributed by atoms with Crippen LogP contribution in [0, 0.1) is 32.6 Å². The average Bonchev–Trinajstić information content (AvgIpc) is 3.69. The largest absolute Gasteiger partial charge is 0.354 e. The zero-order valence-corrected chi connectivity index (χ0v) is 27.8. The fourth-order valence-electron chi connectivity index (χ4n) is 7.15. The Balaban J connectivity index is 1.28. The molecule has 0 unspecified atom stereocenters. The minimum Gasteiger partial charge on any atom is -0.354 e. The SMILES string of the molecule is CCN(C(=O)C1CCCC1)c1cc(-c2ccc(N3CCN(CC4CC4)CC3)nc2)cc(C(=O)NCc2c(C)cc(C)[nH]c2=O)c1C. The van der Waals surface area contributed by atoms with E-state index in [4.69, 9.17) is 4.98 Å². The lowest BCUT2D eigenvalue weighted by Crippen LogP contribution is -2.47. The maximum Gasteiger partial charge on any atom is 0.253 e. The second-order valence-electron chi connectivity index (χ2n) is 13.5. The number of nitrogens with one attached hydrogen (secondary N) is 2. The molecule has 0 bridgehead atoms. The van der Waals surface area contributed by atoms with Gasteiger partial charge in [-0.15, -0.1) is 0 Å². The molecular formula is C37H48N6O3. The predicted octanol–water partition coefficient (Wildman–Crippen LogP) is 5.37. The van der Waals surface area contributed by atoms with Gasteiger partial charge in [-0.05, 0) is 106 Å². The van der Waals surface area contributed by atoms with Gasteiger partial charge in [0.15, 0.2) is 0 Å². The fraction of sp³-hybridized carbons (Fsp3) is 0.514. The fourth-order valence-corrected chi connectivity index (χ4v) is 7.15. The molecule has 3 fully saturated rings. The minimum absolute atomic E-state index is 0.0159. The second-order valence-corrected chi connectivity index (χ2v) is 13.5. The van der Waals surface area contributed by atoms with Crippen LogP contribution in [0.15, 0.2) is 41.3 Å². The number of carbonyl (C=O) groups is 2. The Morgan fingerprint density at radius 3 is 2.35 bits per heavy atom. The molecule has 0 atom stereocenters. The van der Waals surface area contributed by atoms with Gasteiger partial charge in [-0.1, -0.05) is 12.8 Å². The number of hydrogen-bond acceptors (Lipinski definition) is 6. The summed E-state index contributed by atoms with van der Waals surface area (Å²) in [6, 6.07) is 9.97. The number of aromatic nitrogens is 2. The second kappa shape index (κ2) is 13.8. The van der Waals surface area contributed by atoms with Gasteiger partial charge in [0.2, 0.25) is 5.91 Å². The molecule has 6 rings (SSSR count). The highest BCUT2D eigenvalue weighted by molar-refractivity contribution is 6.02. The lowest BCUT2D eigenvalue weighted by molar-refractivity contribution is -0.122. The van der Waals surface area contributed by atoms with Gasteiger partial charge in [0.25, 0.3) is 11.5 Å². The van der Waals surface area contributed by atoms with Crippen molar-refractivity contribution in [3.05, 3.63) is 74.8 Å². The van der Waals surface area contributed by atoms with E-state index in [1.807, 2.05) is 57.0 Å². The Kier molecular flexibility index (Phi) is 9.59. The highest BCUT2D eigenvalue weighted by atomic mass is 16.2. The smallest absolute Gasteiger partial charge is 0.253 e. The molecule has 1 aliphatic heterocycles. The number of carbonyl (C=O) groups excluding carboxylic acids is 2. The molecule has 0 radical (unpaired) electrons. The molecule has 244 valence electrons. The molecule has 2 N–H and O–H groups in total. The number of aromatic amines is 1. The molecule has 2 amide bonds. The molecule has 2 saturated carbocycles. The van der Waals surface area contributed by atoms with Gasteiger partial charge < -0.3 is 20.1 Å². The number of hydrogen-bond donors (Lipinski definition) is 2. The number of H-pyrrole nitrogens is 1. The first-order chi connectivity index (χ1) is 22.2. The van der Waals surface area contributed by atoms with Crippen molar-refractivity contribution in [1.29, 1.82) is 0 Å². The van der Waals surface area contributed by atoms with Crippen LogP contribution in [0.1, 0.15) is 78.2 Å². The van der Waals surface area contributed by atoms with Crippen molar-refractivity contribution in [2.24, 2.45) is 11.8 Å². The molecular weight excluding hydrogens is 576 g/mol. The van der Waals surface area contributed by atoms with E-state index in [2.05, 4.69) is 32.2 Å².